The van der Waals surface area contributed by atoms with Crippen molar-refractivity contribution in [3.8, 4) is 0 Å². The lowest BCUT2D eigenvalue weighted by Gasteiger charge is -2.31. The number of alkyl halides is 3. The molecule has 7 heteroatoms. The predicted octanol–water partition coefficient (Wildman–Crippen LogP) is 2.39. The van der Waals surface area contributed by atoms with E-state index in [1.54, 1.807) is 0 Å². The van der Waals surface area contributed by atoms with Gasteiger partial charge in [-0.25, -0.2) is 0 Å². The van der Waals surface area contributed by atoms with Gasteiger partial charge in [-0.2, -0.15) is 13.2 Å². The maximum Gasteiger partial charge on any atom is 0.399 e. The van der Waals surface area contributed by atoms with Crippen LogP contribution in [0.1, 0.15) is 12.0 Å². The molecule has 0 aliphatic carbocycles. The zero-order valence-electron chi connectivity index (χ0n) is 9.33. The smallest absolute Gasteiger partial charge is 0.315 e. The van der Waals surface area contributed by atoms with E-state index in [9.17, 15) is 23.3 Å². The average molecular weight is 260 g/mol. The van der Waals surface area contributed by atoms with Crippen molar-refractivity contribution in [1.29, 1.82) is 0 Å². The molecule has 98 valence electrons. The number of benzene rings is 1. The monoisotopic (exact) mass is 260 g/mol. The summed E-state index contributed by atoms with van der Waals surface area (Å²) in [4.78, 5) is 9.95. The first-order chi connectivity index (χ1) is 8.37. The van der Waals surface area contributed by atoms with Crippen LogP contribution < -0.4 is 5.32 Å². The van der Waals surface area contributed by atoms with E-state index in [0.29, 0.717) is 0 Å². The van der Waals surface area contributed by atoms with Gasteiger partial charge in [0.1, 0.15) is 5.41 Å². The number of nitrogens with zero attached hydrogens (tertiary/aromatic N) is 1. The van der Waals surface area contributed by atoms with Crippen LogP contribution in [0.15, 0.2) is 24.3 Å². The summed E-state index contributed by atoms with van der Waals surface area (Å²) < 4.78 is 39.7. The fraction of sp³-hybridized carbons (Fsp3) is 0.455. The van der Waals surface area contributed by atoms with E-state index in [4.69, 9.17) is 0 Å². The third kappa shape index (κ3) is 1.94. The molecule has 0 aromatic heterocycles. The van der Waals surface area contributed by atoms with Crippen molar-refractivity contribution in [2.45, 2.75) is 18.0 Å². The SMILES string of the molecule is O=[N+]([O-])c1cccc([C@@]2(C(F)(F)F)CCNC2)c1. The highest BCUT2D eigenvalue weighted by Gasteiger charge is 2.57. The largest absolute Gasteiger partial charge is 0.399 e. The minimum absolute atomic E-state index is 0.0470. The van der Waals surface area contributed by atoms with E-state index in [1.165, 1.54) is 18.2 Å². The van der Waals surface area contributed by atoms with Crippen LogP contribution in [0.3, 0.4) is 0 Å². The van der Waals surface area contributed by atoms with Crippen molar-refractivity contribution < 1.29 is 18.1 Å². The molecular formula is C11H11F3N2O2. The number of nitro benzene ring substituents is 1. The van der Waals surface area contributed by atoms with Gasteiger partial charge in [-0.15, -0.1) is 0 Å². The summed E-state index contributed by atoms with van der Waals surface area (Å²) in [7, 11) is 0. The molecule has 0 amide bonds. The highest BCUT2D eigenvalue weighted by molar-refractivity contribution is 5.40. The average Bonchev–Trinajstić information content (AvgIpc) is 2.78. The van der Waals surface area contributed by atoms with Gasteiger partial charge in [-0.1, -0.05) is 12.1 Å². The third-order valence-corrected chi connectivity index (χ3v) is 3.31. The number of nitro groups is 1. The van der Waals surface area contributed by atoms with Crippen LogP contribution in [0.25, 0.3) is 0 Å². The minimum Gasteiger partial charge on any atom is -0.315 e. The van der Waals surface area contributed by atoms with Crippen molar-refractivity contribution in [3.63, 3.8) is 0 Å². The van der Waals surface area contributed by atoms with Crippen molar-refractivity contribution in [2.75, 3.05) is 13.1 Å². The maximum atomic E-state index is 13.2. The molecule has 0 bridgehead atoms. The first kappa shape index (κ1) is 12.8. The van der Waals surface area contributed by atoms with Gasteiger partial charge < -0.3 is 5.32 Å². The molecule has 1 aliphatic rings. The van der Waals surface area contributed by atoms with E-state index < -0.39 is 16.5 Å². The normalized spacial score (nSPS) is 24.2. The zero-order valence-corrected chi connectivity index (χ0v) is 9.33. The Bertz CT molecular complexity index is 468. The molecule has 18 heavy (non-hydrogen) atoms. The summed E-state index contributed by atoms with van der Waals surface area (Å²) in [5, 5.41) is 13.3. The second-order valence-corrected chi connectivity index (χ2v) is 4.31. The molecule has 1 N–H and O–H groups in total. The molecule has 1 atom stereocenters. The van der Waals surface area contributed by atoms with Gasteiger partial charge in [-0.05, 0) is 18.5 Å². The highest BCUT2D eigenvalue weighted by Crippen LogP contribution is 2.45. The number of rotatable bonds is 2. The van der Waals surface area contributed by atoms with Crippen molar-refractivity contribution in [3.05, 3.63) is 39.9 Å². The maximum absolute atomic E-state index is 13.2. The van der Waals surface area contributed by atoms with Gasteiger partial charge >= 0.3 is 6.18 Å². The van der Waals surface area contributed by atoms with Crippen molar-refractivity contribution in [1.82, 2.24) is 5.32 Å². The predicted molar refractivity (Wildman–Crippen MR) is 58.3 cm³/mol. The summed E-state index contributed by atoms with van der Waals surface area (Å²) in [5.41, 5.74) is -2.38. The highest BCUT2D eigenvalue weighted by atomic mass is 19.4. The van der Waals surface area contributed by atoms with Crippen LogP contribution in [0.2, 0.25) is 0 Å². The van der Waals surface area contributed by atoms with Gasteiger partial charge in [0.15, 0.2) is 0 Å². The van der Waals surface area contributed by atoms with Crippen molar-refractivity contribution >= 4 is 5.69 Å². The summed E-state index contributed by atoms with van der Waals surface area (Å²) in [6, 6.07) is 4.79. The molecule has 1 saturated heterocycles. The van der Waals surface area contributed by atoms with Gasteiger partial charge in [0.25, 0.3) is 5.69 Å². The fourth-order valence-corrected chi connectivity index (χ4v) is 2.26. The molecule has 1 aromatic rings. The van der Waals surface area contributed by atoms with Crippen LogP contribution >= 0.6 is 0 Å². The molecule has 1 aliphatic heterocycles. The van der Waals surface area contributed by atoms with Gasteiger partial charge in [0.05, 0.1) is 4.92 Å². The lowest BCUT2D eigenvalue weighted by atomic mass is 9.79. The number of non-ortho nitro benzene ring substituents is 1. The zero-order chi connectivity index (χ0) is 13.4. The lowest BCUT2D eigenvalue weighted by molar-refractivity contribution is -0.385. The minimum atomic E-state index is -4.42. The van der Waals surface area contributed by atoms with Crippen LogP contribution in [0.5, 0.6) is 0 Å². The second-order valence-electron chi connectivity index (χ2n) is 4.31. The van der Waals surface area contributed by atoms with Crippen LogP contribution in [0, 0.1) is 10.1 Å². The molecule has 1 fully saturated rings. The Balaban J connectivity index is 2.50. The first-order valence-corrected chi connectivity index (χ1v) is 5.39. The second kappa shape index (κ2) is 4.24. The van der Waals surface area contributed by atoms with Crippen LogP contribution in [-0.2, 0) is 5.41 Å². The van der Waals surface area contributed by atoms with Crippen LogP contribution in [0.4, 0.5) is 18.9 Å². The molecule has 0 saturated carbocycles. The number of hydrogen-bond donors (Lipinski definition) is 1. The molecule has 0 unspecified atom stereocenters. The van der Waals surface area contributed by atoms with E-state index in [2.05, 4.69) is 5.32 Å². The lowest BCUT2D eigenvalue weighted by Crippen LogP contribution is -2.44. The summed E-state index contributed by atoms with van der Waals surface area (Å²) in [6.07, 6.45) is -4.52. The van der Waals surface area contributed by atoms with Gasteiger partial charge in [0, 0.05) is 18.7 Å². The molecule has 1 aromatic carbocycles. The third-order valence-electron chi connectivity index (χ3n) is 3.31. The summed E-state index contributed by atoms with van der Waals surface area (Å²) in [5.74, 6) is 0. The van der Waals surface area contributed by atoms with Crippen molar-refractivity contribution in [2.24, 2.45) is 0 Å². The molecular weight excluding hydrogens is 249 g/mol. The molecule has 0 radical (unpaired) electrons. The van der Waals surface area contributed by atoms with Gasteiger partial charge in [0.2, 0.25) is 0 Å². The Kier molecular flexibility index (Phi) is 3.02. The number of hydrogen-bond acceptors (Lipinski definition) is 3. The van der Waals surface area contributed by atoms with E-state index in [-0.39, 0.29) is 30.8 Å². The van der Waals surface area contributed by atoms with E-state index in [1.807, 2.05) is 0 Å². The Morgan fingerprint density at radius 2 is 2.11 bits per heavy atom. The van der Waals surface area contributed by atoms with E-state index >= 15 is 0 Å². The molecule has 4 nitrogen and oxygen atoms in total. The summed E-state index contributed by atoms with van der Waals surface area (Å²) in [6.45, 7) is 0.0138. The number of halogens is 3. The van der Waals surface area contributed by atoms with E-state index in [0.717, 1.165) is 6.07 Å². The molecule has 0 spiro atoms. The first-order valence-electron chi connectivity index (χ1n) is 5.39. The fourth-order valence-electron chi connectivity index (χ4n) is 2.26. The Morgan fingerprint density at radius 3 is 2.61 bits per heavy atom. The molecule has 2 rings (SSSR count). The quantitative estimate of drug-likeness (QED) is 0.656. The molecule has 1 heterocycles. The Hall–Kier alpha value is -1.63. The Morgan fingerprint density at radius 1 is 1.39 bits per heavy atom. The van der Waals surface area contributed by atoms with Gasteiger partial charge in [-0.3, -0.25) is 10.1 Å². The number of nitrogens with one attached hydrogen (secondary N) is 1. The Labute approximate surface area is 101 Å². The topological polar surface area (TPSA) is 55.2 Å². The van der Waals surface area contributed by atoms with Crippen LogP contribution in [-0.4, -0.2) is 24.2 Å². The standard InChI is InChI=1S/C11H11F3N2O2/c12-11(13,14)10(4-5-15-7-10)8-2-1-3-9(6-8)16(17)18/h1-3,6,15H,4-5,7H2/t10-/m1/s1. The summed E-state index contributed by atoms with van der Waals surface area (Å²) >= 11 is 0.